The number of nitrogens with zero attached hydrogens (tertiary/aromatic N) is 1. The predicted molar refractivity (Wildman–Crippen MR) is 57.3 cm³/mol. The van der Waals surface area contributed by atoms with E-state index in [0.29, 0.717) is 25.1 Å². The third-order valence-electron chi connectivity index (χ3n) is 3.15. The molecule has 1 saturated carbocycles. The highest BCUT2D eigenvalue weighted by Gasteiger charge is 2.36. The molecule has 0 bridgehead atoms. The summed E-state index contributed by atoms with van der Waals surface area (Å²) in [6, 6.07) is 0.504. The van der Waals surface area contributed by atoms with Gasteiger partial charge in [-0.05, 0) is 32.2 Å². The van der Waals surface area contributed by atoms with Crippen LogP contribution in [0.4, 0.5) is 0 Å². The van der Waals surface area contributed by atoms with Crippen molar-refractivity contribution in [2.45, 2.75) is 31.7 Å². The van der Waals surface area contributed by atoms with E-state index in [9.17, 15) is 4.79 Å². The molecule has 4 heteroatoms. The number of carbonyl (C=O) groups excluding carboxylic acids is 1. The summed E-state index contributed by atoms with van der Waals surface area (Å²) in [6.45, 7) is 2.85. The summed E-state index contributed by atoms with van der Waals surface area (Å²) in [6.07, 6.45) is 4.15. The van der Waals surface area contributed by atoms with Crippen LogP contribution in [-0.4, -0.2) is 43.2 Å². The number of carbonyl (C=O) groups is 1. The Hall–Kier alpha value is -0.610. The molecule has 2 aliphatic rings. The highest BCUT2D eigenvalue weighted by Crippen LogP contribution is 2.29. The van der Waals surface area contributed by atoms with Gasteiger partial charge in [-0.25, -0.2) is 0 Å². The molecular weight excluding hydrogens is 192 g/mol. The van der Waals surface area contributed by atoms with Crippen LogP contribution >= 0.6 is 0 Å². The fourth-order valence-corrected chi connectivity index (χ4v) is 2.08. The van der Waals surface area contributed by atoms with Gasteiger partial charge in [0.2, 0.25) is 5.91 Å². The fraction of sp³-hybridized carbons (Fsp3) is 0.909. The van der Waals surface area contributed by atoms with Gasteiger partial charge in [-0.1, -0.05) is 0 Å². The molecule has 2 fully saturated rings. The first-order valence-corrected chi connectivity index (χ1v) is 5.91. The number of rotatable bonds is 5. The van der Waals surface area contributed by atoms with Crippen LogP contribution in [0.2, 0.25) is 0 Å². The van der Waals surface area contributed by atoms with Crippen molar-refractivity contribution in [2.24, 2.45) is 11.7 Å². The van der Waals surface area contributed by atoms with Crippen molar-refractivity contribution < 1.29 is 9.53 Å². The van der Waals surface area contributed by atoms with Crippen LogP contribution in [0.3, 0.4) is 0 Å². The second-order valence-corrected chi connectivity index (χ2v) is 4.47. The van der Waals surface area contributed by atoms with Gasteiger partial charge in [0.15, 0.2) is 0 Å². The average molecular weight is 212 g/mol. The molecular formula is C11H20N2O2. The molecule has 15 heavy (non-hydrogen) atoms. The average Bonchev–Trinajstić information content (AvgIpc) is 2.94. The molecule has 2 rings (SSSR count). The molecule has 2 N–H and O–H groups in total. The Bertz CT molecular complexity index is 223. The van der Waals surface area contributed by atoms with Gasteiger partial charge in [0, 0.05) is 19.2 Å². The molecule has 0 aromatic rings. The van der Waals surface area contributed by atoms with Crippen LogP contribution in [0, 0.1) is 5.92 Å². The Kier molecular flexibility index (Phi) is 3.59. The Morgan fingerprint density at radius 3 is 2.73 bits per heavy atom. The number of amides is 1. The van der Waals surface area contributed by atoms with Crippen molar-refractivity contribution in [3.05, 3.63) is 0 Å². The molecule has 0 spiro atoms. The summed E-state index contributed by atoms with van der Waals surface area (Å²) in [7, 11) is 0. The molecule has 1 saturated heterocycles. The van der Waals surface area contributed by atoms with Crippen molar-refractivity contribution >= 4 is 5.91 Å². The van der Waals surface area contributed by atoms with E-state index >= 15 is 0 Å². The maximum absolute atomic E-state index is 12.1. The minimum atomic E-state index is 0.114. The van der Waals surface area contributed by atoms with Gasteiger partial charge in [0.25, 0.3) is 0 Å². The van der Waals surface area contributed by atoms with Crippen molar-refractivity contribution in [1.82, 2.24) is 4.90 Å². The molecule has 1 heterocycles. The summed E-state index contributed by atoms with van der Waals surface area (Å²) in [5.41, 5.74) is 5.49. The van der Waals surface area contributed by atoms with Gasteiger partial charge in [-0.3, -0.25) is 4.79 Å². The highest BCUT2D eigenvalue weighted by atomic mass is 16.5. The lowest BCUT2D eigenvalue weighted by molar-refractivity contribution is -0.136. The molecule has 0 radical (unpaired) electrons. The standard InChI is InChI=1S/C11H20N2O2/c12-5-1-6-13(10-2-3-10)11(14)9-4-7-15-8-9/h9-10H,1-8,12H2. The molecule has 86 valence electrons. The SMILES string of the molecule is NCCCN(C(=O)C1CCOC1)C1CC1. The van der Waals surface area contributed by atoms with Gasteiger partial charge < -0.3 is 15.4 Å². The molecule has 1 atom stereocenters. The monoisotopic (exact) mass is 212 g/mol. The second-order valence-electron chi connectivity index (χ2n) is 4.47. The van der Waals surface area contributed by atoms with E-state index in [2.05, 4.69) is 0 Å². The highest BCUT2D eigenvalue weighted by molar-refractivity contribution is 5.79. The normalized spacial score (nSPS) is 25.5. The summed E-state index contributed by atoms with van der Waals surface area (Å²) in [5, 5.41) is 0. The van der Waals surface area contributed by atoms with E-state index in [-0.39, 0.29) is 5.92 Å². The quantitative estimate of drug-likeness (QED) is 0.716. The second kappa shape index (κ2) is 4.94. The van der Waals surface area contributed by atoms with E-state index < -0.39 is 0 Å². The predicted octanol–water partition coefficient (Wildman–Crippen LogP) is 0.363. The van der Waals surface area contributed by atoms with E-state index in [0.717, 1.165) is 26.0 Å². The first kappa shape index (κ1) is 10.9. The molecule has 1 aliphatic heterocycles. The number of ether oxygens (including phenoxy) is 1. The first-order valence-electron chi connectivity index (χ1n) is 5.91. The Labute approximate surface area is 90.8 Å². The number of hydrogen-bond acceptors (Lipinski definition) is 3. The van der Waals surface area contributed by atoms with Crippen LogP contribution < -0.4 is 5.73 Å². The molecule has 1 amide bonds. The van der Waals surface area contributed by atoms with Crippen LogP contribution in [0.5, 0.6) is 0 Å². The summed E-state index contributed by atoms with van der Waals surface area (Å²) < 4.78 is 5.26. The fourth-order valence-electron chi connectivity index (χ4n) is 2.08. The Morgan fingerprint density at radius 2 is 2.20 bits per heavy atom. The number of nitrogens with two attached hydrogens (primary N) is 1. The first-order chi connectivity index (χ1) is 7.33. The van der Waals surface area contributed by atoms with E-state index in [1.165, 1.54) is 12.8 Å². The maximum atomic E-state index is 12.1. The molecule has 1 unspecified atom stereocenters. The molecule has 4 nitrogen and oxygen atoms in total. The minimum Gasteiger partial charge on any atom is -0.381 e. The van der Waals surface area contributed by atoms with Gasteiger partial charge in [-0.15, -0.1) is 0 Å². The topological polar surface area (TPSA) is 55.6 Å². The summed E-state index contributed by atoms with van der Waals surface area (Å²) in [4.78, 5) is 14.2. The molecule has 0 aromatic heterocycles. The van der Waals surface area contributed by atoms with E-state index in [4.69, 9.17) is 10.5 Å². The number of hydrogen-bond donors (Lipinski definition) is 1. The van der Waals surface area contributed by atoms with Crippen LogP contribution in [-0.2, 0) is 9.53 Å². The maximum Gasteiger partial charge on any atom is 0.228 e. The van der Waals surface area contributed by atoms with Crippen LogP contribution in [0.25, 0.3) is 0 Å². The molecule has 1 aliphatic carbocycles. The summed E-state index contributed by atoms with van der Waals surface area (Å²) >= 11 is 0. The largest absolute Gasteiger partial charge is 0.381 e. The van der Waals surface area contributed by atoms with Crippen molar-refractivity contribution in [2.75, 3.05) is 26.3 Å². The lowest BCUT2D eigenvalue weighted by Gasteiger charge is -2.24. The van der Waals surface area contributed by atoms with Crippen molar-refractivity contribution in [3.63, 3.8) is 0 Å². The van der Waals surface area contributed by atoms with E-state index in [1.807, 2.05) is 4.90 Å². The zero-order valence-electron chi connectivity index (χ0n) is 9.15. The zero-order valence-corrected chi connectivity index (χ0v) is 9.15. The lowest BCUT2D eigenvalue weighted by Crippen LogP contribution is -2.39. The van der Waals surface area contributed by atoms with Gasteiger partial charge >= 0.3 is 0 Å². The Balaban J connectivity index is 1.87. The third-order valence-corrected chi connectivity index (χ3v) is 3.15. The zero-order chi connectivity index (χ0) is 10.7. The minimum absolute atomic E-state index is 0.114. The third kappa shape index (κ3) is 2.69. The van der Waals surface area contributed by atoms with Crippen LogP contribution in [0.15, 0.2) is 0 Å². The van der Waals surface area contributed by atoms with Crippen LogP contribution in [0.1, 0.15) is 25.7 Å². The van der Waals surface area contributed by atoms with Gasteiger partial charge in [-0.2, -0.15) is 0 Å². The van der Waals surface area contributed by atoms with E-state index in [1.54, 1.807) is 0 Å². The van der Waals surface area contributed by atoms with Crippen molar-refractivity contribution in [3.8, 4) is 0 Å². The Morgan fingerprint density at radius 1 is 1.40 bits per heavy atom. The van der Waals surface area contributed by atoms with Gasteiger partial charge in [0.05, 0.1) is 12.5 Å². The summed E-state index contributed by atoms with van der Waals surface area (Å²) in [5.74, 6) is 0.409. The van der Waals surface area contributed by atoms with Crippen molar-refractivity contribution in [1.29, 1.82) is 0 Å². The smallest absolute Gasteiger partial charge is 0.228 e. The van der Waals surface area contributed by atoms with Gasteiger partial charge in [0.1, 0.15) is 0 Å². The molecule has 0 aromatic carbocycles. The lowest BCUT2D eigenvalue weighted by atomic mass is 10.1.